The number of rotatable bonds is 3. The van der Waals surface area contributed by atoms with Crippen LogP contribution >= 0.6 is 12.4 Å². The van der Waals surface area contributed by atoms with Crippen molar-refractivity contribution < 1.29 is 9.72 Å². The number of carbonyl (C=O) groups is 1. The van der Waals surface area contributed by atoms with E-state index in [1.54, 1.807) is 12.1 Å². The minimum absolute atomic E-state index is 0. The van der Waals surface area contributed by atoms with Crippen molar-refractivity contribution in [1.29, 1.82) is 0 Å². The predicted octanol–water partition coefficient (Wildman–Crippen LogP) is 2.51. The molecule has 2 saturated heterocycles. The molecule has 0 unspecified atom stereocenters. The van der Waals surface area contributed by atoms with Crippen molar-refractivity contribution in [3.63, 3.8) is 0 Å². The van der Waals surface area contributed by atoms with Crippen molar-refractivity contribution in [2.24, 2.45) is 5.41 Å². The molecular formula is C16H22ClN3O3. The Kier molecular flexibility index (Phi) is 5.59. The van der Waals surface area contributed by atoms with Crippen molar-refractivity contribution in [1.82, 2.24) is 10.2 Å². The number of hydrogen-bond acceptors (Lipinski definition) is 4. The van der Waals surface area contributed by atoms with Crippen LogP contribution in [0.15, 0.2) is 24.3 Å². The molecule has 2 fully saturated rings. The van der Waals surface area contributed by atoms with Crippen molar-refractivity contribution >= 4 is 24.0 Å². The Morgan fingerprint density at radius 1 is 1.17 bits per heavy atom. The first-order valence-corrected chi connectivity index (χ1v) is 7.84. The van der Waals surface area contributed by atoms with Gasteiger partial charge in [0.25, 0.3) is 5.69 Å². The van der Waals surface area contributed by atoms with E-state index >= 15 is 0 Å². The third-order valence-corrected chi connectivity index (χ3v) is 4.91. The summed E-state index contributed by atoms with van der Waals surface area (Å²) in [5, 5.41) is 14.0. The Labute approximate surface area is 141 Å². The Morgan fingerprint density at radius 3 is 2.43 bits per heavy atom. The van der Waals surface area contributed by atoms with Crippen LogP contribution in [0.25, 0.3) is 0 Å². The second-order valence-electron chi connectivity index (χ2n) is 6.28. The fourth-order valence-electron chi connectivity index (χ4n) is 3.62. The maximum atomic E-state index is 12.9. The molecule has 0 bridgehead atoms. The molecule has 0 aliphatic carbocycles. The van der Waals surface area contributed by atoms with E-state index in [-0.39, 0.29) is 29.4 Å². The maximum absolute atomic E-state index is 12.9. The minimum atomic E-state index is -0.403. The smallest absolute Gasteiger partial charge is 0.269 e. The lowest BCUT2D eigenvalue weighted by Gasteiger charge is -2.44. The second-order valence-corrected chi connectivity index (χ2v) is 6.28. The number of nitro benzene ring substituents is 1. The third kappa shape index (κ3) is 3.64. The van der Waals surface area contributed by atoms with Crippen LogP contribution in [-0.4, -0.2) is 35.4 Å². The third-order valence-electron chi connectivity index (χ3n) is 4.91. The summed E-state index contributed by atoms with van der Waals surface area (Å²) >= 11 is 0. The van der Waals surface area contributed by atoms with Gasteiger partial charge in [0, 0.05) is 25.2 Å². The van der Waals surface area contributed by atoms with E-state index in [1.807, 2.05) is 4.90 Å². The van der Waals surface area contributed by atoms with Gasteiger partial charge >= 0.3 is 0 Å². The van der Waals surface area contributed by atoms with Crippen molar-refractivity contribution in [2.45, 2.75) is 32.2 Å². The lowest BCUT2D eigenvalue weighted by molar-refractivity contribution is -0.384. The van der Waals surface area contributed by atoms with Gasteiger partial charge in [-0.2, -0.15) is 0 Å². The number of amides is 1. The zero-order chi connectivity index (χ0) is 15.6. The highest BCUT2D eigenvalue weighted by Crippen LogP contribution is 2.39. The predicted molar refractivity (Wildman–Crippen MR) is 89.5 cm³/mol. The number of nitrogens with one attached hydrogen (secondary N) is 1. The summed E-state index contributed by atoms with van der Waals surface area (Å²) in [5.74, 6) is 0.263. The molecule has 1 amide bonds. The van der Waals surface area contributed by atoms with Gasteiger partial charge in [0.05, 0.1) is 10.3 Å². The van der Waals surface area contributed by atoms with Crippen LogP contribution in [0.1, 0.15) is 31.2 Å². The lowest BCUT2D eigenvalue weighted by Crippen LogP contribution is -2.52. The molecule has 2 heterocycles. The molecule has 1 spiro atoms. The standard InChI is InChI=1S/C16H21N3O3.ClH/c20-15-16(7-9-17-10-8-16)6-1-11-18(15)12-13-2-4-14(5-3-13)19(21)22;/h2-5,17H,1,6-12H2;1H. The number of hydrogen-bond donors (Lipinski definition) is 1. The number of halogens is 1. The minimum Gasteiger partial charge on any atom is -0.338 e. The first-order chi connectivity index (χ1) is 10.6. The number of piperidine rings is 2. The highest BCUT2D eigenvalue weighted by Gasteiger charge is 2.44. The maximum Gasteiger partial charge on any atom is 0.269 e. The molecule has 2 aliphatic heterocycles. The fourth-order valence-corrected chi connectivity index (χ4v) is 3.62. The summed E-state index contributed by atoms with van der Waals surface area (Å²) < 4.78 is 0. The number of nitro groups is 1. The molecule has 7 heteroatoms. The first-order valence-electron chi connectivity index (χ1n) is 7.84. The molecule has 6 nitrogen and oxygen atoms in total. The summed E-state index contributed by atoms with van der Waals surface area (Å²) in [4.78, 5) is 25.1. The number of non-ortho nitro benzene ring substituents is 1. The quantitative estimate of drug-likeness (QED) is 0.678. The topological polar surface area (TPSA) is 75.5 Å². The monoisotopic (exact) mass is 339 g/mol. The van der Waals surface area contributed by atoms with E-state index in [2.05, 4.69) is 5.32 Å². The van der Waals surface area contributed by atoms with Crippen LogP contribution in [0.5, 0.6) is 0 Å². The molecule has 0 aromatic heterocycles. The zero-order valence-corrected chi connectivity index (χ0v) is 13.8. The molecule has 23 heavy (non-hydrogen) atoms. The summed E-state index contributed by atoms with van der Waals surface area (Å²) in [7, 11) is 0. The second kappa shape index (κ2) is 7.27. The van der Waals surface area contributed by atoms with E-state index in [0.717, 1.165) is 50.9 Å². The van der Waals surface area contributed by atoms with Gasteiger partial charge in [-0.1, -0.05) is 12.1 Å². The summed E-state index contributed by atoms with van der Waals surface area (Å²) in [5.41, 5.74) is 0.859. The van der Waals surface area contributed by atoms with E-state index in [1.165, 1.54) is 12.1 Å². The average Bonchev–Trinajstić information content (AvgIpc) is 2.53. The van der Waals surface area contributed by atoms with Crippen LogP contribution in [0.2, 0.25) is 0 Å². The molecule has 126 valence electrons. The lowest BCUT2D eigenvalue weighted by atomic mass is 9.72. The highest BCUT2D eigenvalue weighted by molar-refractivity contribution is 5.85. The van der Waals surface area contributed by atoms with E-state index < -0.39 is 4.92 Å². The number of benzene rings is 1. The Bertz CT molecular complexity index is 565. The van der Waals surface area contributed by atoms with Crippen molar-refractivity contribution in [3.05, 3.63) is 39.9 Å². The van der Waals surface area contributed by atoms with Crippen LogP contribution < -0.4 is 5.32 Å². The molecule has 1 aromatic carbocycles. The van der Waals surface area contributed by atoms with Gasteiger partial charge < -0.3 is 10.2 Å². The van der Waals surface area contributed by atoms with Gasteiger partial charge in [0.2, 0.25) is 5.91 Å². The summed E-state index contributed by atoms with van der Waals surface area (Å²) in [6.07, 6.45) is 3.87. The SMILES string of the molecule is Cl.O=C1N(Cc2ccc([N+](=O)[O-])cc2)CCCC12CCNCC2. The van der Waals surface area contributed by atoms with Gasteiger partial charge in [-0.05, 0) is 44.3 Å². The van der Waals surface area contributed by atoms with E-state index in [0.29, 0.717) is 6.54 Å². The van der Waals surface area contributed by atoms with Crippen LogP contribution in [0, 0.1) is 15.5 Å². The molecule has 1 aromatic rings. The molecule has 1 N–H and O–H groups in total. The highest BCUT2D eigenvalue weighted by atomic mass is 35.5. The van der Waals surface area contributed by atoms with Gasteiger partial charge in [-0.15, -0.1) is 12.4 Å². The summed E-state index contributed by atoms with van der Waals surface area (Å²) in [6.45, 7) is 3.16. The van der Waals surface area contributed by atoms with Crippen molar-refractivity contribution in [3.8, 4) is 0 Å². The molecule has 0 atom stereocenters. The first kappa shape index (κ1) is 17.7. The van der Waals surface area contributed by atoms with Crippen molar-refractivity contribution in [2.75, 3.05) is 19.6 Å². The number of carbonyl (C=O) groups excluding carboxylic acids is 1. The average molecular weight is 340 g/mol. The van der Waals surface area contributed by atoms with Gasteiger partial charge in [-0.3, -0.25) is 14.9 Å². The van der Waals surface area contributed by atoms with Gasteiger partial charge in [-0.25, -0.2) is 0 Å². The largest absolute Gasteiger partial charge is 0.338 e. The van der Waals surface area contributed by atoms with Crippen LogP contribution in [0.3, 0.4) is 0 Å². The number of likely N-dealkylation sites (tertiary alicyclic amines) is 1. The van der Waals surface area contributed by atoms with E-state index in [9.17, 15) is 14.9 Å². The Morgan fingerprint density at radius 2 is 1.83 bits per heavy atom. The molecule has 3 rings (SSSR count). The normalized spacial score (nSPS) is 20.2. The van der Waals surface area contributed by atoms with Crippen LogP contribution in [0.4, 0.5) is 5.69 Å². The molecule has 0 saturated carbocycles. The van der Waals surface area contributed by atoms with Gasteiger partial charge in [0.15, 0.2) is 0 Å². The number of nitrogens with zero attached hydrogens (tertiary/aromatic N) is 2. The zero-order valence-electron chi connectivity index (χ0n) is 13.0. The molecule has 2 aliphatic rings. The molecular weight excluding hydrogens is 318 g/mol. The fraction of sp³-hybridized carbons (Fsp3) is 0.562. The Balaban J connectivity index is 0.00000192. The Hall–Kier alpha value is -1.66. The molecule has 0 radical (unpaired) electrons. The van der Waals surface area contributed by atoms with E-state index in [4.69, 9.17) is 0 Å². The summed E-state index contributed by atoms with van der Waals surface area (Å²) in [6, 6.07) is 6.50. The van der Waals surface area contributed by atoms with Gasteiger partial charge in [0.1, 0.15) is 0 Å². The van der Waals surface area contributed by atoms with Crippen LogP contribution in [-0.2, 0) is 11.3 Å².